The normalized spacial score (nSPS) is 26.7. The molecule has 0 N–H and O–H groups in total. The Morgan fingerprint density at radius 2 is 1.51 bits per heavy atom. The van der Waals surface area contributed by atoms with E-state index in [4.69, 9.17) is 13.6 Å². The highest BCUT2D eigenvalue weighted by Crippen LogP contribution is 2.39. The molecule has 0 amide bonds. The van der Waals surface area contributed by atoms with Crippen molar-refractivity contribution in [3.05, 3.63) is 33.3 Å². The van der Waals surface area contributed by atoms with Crippen LogP contribution in [0.2, 0.25) is 36.3 Å². The van der Waals surface area contributed by atoms with Gasteiger partial charge in [-0.2, -0.15) is 0 Å². The SMILES string of the molecule is CC[Si](CC)(CC)O[C@H]1[C@@H](C)CCC(=O)/C(C)=C\CC(/C(C)=C/c2csc(C)n2)OC(=O)C[C@H](O[Si](CC)(CC)CC)C(C)(C)C(=O)[C@@H]1C. The average Bonchev–Trinajstić information content (AvgIpc) is 3.50. The van der Waals surface area contributed by atoms with Crippen molar-refractivity contribution in [1.82, 2.24) is 4.98 Å². The van der Waals surface area contributed by atoms with Gasteiger partial charge in [0.15, 0.2) is 22.4 Å². The summed E-state index contributed by atoms with van der Waals surface area (Å²) in [5, 5.41) is 2.94. The highest BCUT2D eigenvalue weighted by molar-refractivity contribution is 7.09. The summed E-state index contributed by atoms with van der Waals surface area (Å²) in [6.07, 6.45) is 3.65. The Bertz CT molecular complexity index is 1300. The van der Waals surface area contributed by atoms with Crippen LogP contribution in [0.15, 0.2) is 22.6 Å². The summed E-state index contributed by atoms with van der Waals surface area (Å²) in [5.74, 6) is -0.742. The Kier molecular flexibility index (Phi) is 17.0. The lowest BCUT2D eigenvalue weighted by Gasteiger charge is -2.44. The third-order valence-electron chi connectivity index (χ3n) is 11.6. The van der Waals surface area contributed by atoms with Crippen molar-refractivity contribution in [3.8, 4) is 0 Å². The molecule has 0 fully saturated rings. The highest BCUT2D eigenvalue weighted by atomic mass is 32.1. The van der Waals surface area contributed by atoms with E-state index in [1.165, 1.54) is 0 Å². The second-order valence-electron chi connectivity index (χ2n) is 15.0. The molecular formula is C39H67NO6SSi2. The zero-order valence-electron chi connectivity index (χ0n) is 33.0. The molecule has 10 heteroatoms. The Hall–Kier alpha value is -1.73. The van der Waals surface area contributed by atoms with Gasteiger partial charge in [0.2, 0.25) is 0 Å². The number of esters is 1. The fraction of sp³-hybridized carbons (Fsp3) is 0.744. The van der Waals surface area contributed by atoms with Crippen LogP contribution >= 0.6 is 11.3 Å². The predicted octanol–water partition coefficient (Wildman–Crippen LogP) is 10.5. The minimum absolute atomic E-state index is 0.00449. The number of ether oxygens (including phenoxy) is 1. The van der Waals surface area contributed by atoms with Crippen molar-refractivity contribution in [2.24, 2.45) is 17.3 Å². The quantitative estimate of drug-likeness (QED) is 0.156. The number of aryl methyl sites for hydroxylation is 1. The molecule has 0 aromatic carbocycles. The average molecular weight is 734 g/mol. The van der Waals surface area contributed by atoms with Crippen LogP contribution in [0, 0.1) is 24.2 Å². The summed E-state index contributed by atoms with van der Waals surface area (Å²) < 4.78 is 20.5. The van der Waals surface area contributed by atoms with Crippen molar-refractivity contribution < 1.29 is 28.0 Å². The molecule has 1 unspecified atom stereocenters. The van der Waals surface area contributed by atoms with Crippen LogP contribution < -0.4 is 0 Å². The van der Waals surface area contributed by atoms with Crippen LogP contribution in [-0.2, 0) is 28.0 Å². The number of ketones is 2. The van der Waals surface area contributed by atoms with Gasteiger partial charge in [-0.25, -0.2) is 4.98 Å². The number of cyclic esters (lactones) is 1. The van der Waals surface area contributed by atoms with Crippen LogP contribution in [0.1, 0.15) is 119 Å². The summed E-state index contributed by atoms with van der Waals surface area (Å²) >= 11 is 1.57. The first-order valence-corrected chi connectivity index (χ1v) is 24.8. The van der Waals surface area contributed by atoms with Crippen molar-refractivity contribution in [1.29, 1.82) is 0 Å². The number of carbonyl (C=O) groups excluding carboxylic acids is 3. The molecule has 0 spiro atoms. The number of thiazole rings is 1. The van der Waals surface area contributed by atoms with E-state index < -0.39 is 46.1 Å². The van der Waals surface area contributed by atoms with E-state index >= 15 is 0 Å². The van der Waals surface area contributed by atoms with E-state index in [2.05, 4.69) is 53.5 Å². The molecule has 1 aliphatic rings. The molecule has 0 radical (unpaired) electrons. The van der Waals surface area contributed by atoms with Gasteiger partial charge in [0, 0.05) is 29.6 Å². The van der Waals surface area contributed by atoms with Crippen LogP contribution in [0.5, 0.6) is 0 Å². The third-order valence-corrected chi connectivity index (χ3v) is 21.7. The summed E-state index contributed by atoms with van der Waals surface area (Å²) in [6, 6.07) is 5.63. The lowest BCUT2D eigenvalue weighted by atomic mass is 9.73. The van der Waals surface area contributed by atoms with Gasteiger partial charge < -0.3 is 13.6 Å². The molecule has 0 bridgehead atoms. The van der Waals surface area contributed by atoms with Gasteiger partial charge in [-0.05, 0) is 86.6 Å². The van der Waals surface area contributed by atoms with Gasteiger partial charge >= 0.3 is 5.97 Å². The number of hydrogen-bond acceptors (Lipinski definition) is 8. The van der Waals surface area contributed by atoms with Gasteiger partial charge in [0.05, 0.1) is 29.3 Å². The molecule has 1 aliphatic heterocycles. The summed E-state index contributed by atoms with van der Waals surface area (Å²) in [5.41, 5.74) is 1.35. The van der Waals surface area contributed by atoms with Gasteiger partial charge in [0.25, 0.3) is 0 Å². The second-order valence-corrected chi connectivity index (χ2v) is 25.5. The maximum Gasteiger partial charge on any atom is 0.309 e. The van der Waals surface area contributed by atoms with Gasteiger partial charge in [-0.3, -0.25) is 14.4 Å². The third kappa shape index (κ3) is 11.4. The molecule has 2 heterocycles. The van der Waals surface area contributed by atoms with Crippen molar-refractivity contribution >= 4 is 51.6 Å². The Morgan fingerprint density at radius 3 is 2.02 bits per heavy atom. The summed E-state index contributed by atoms with van der Waals surface area (Å²) in [7, 11) is -4.34. The van der Waals surface area contributed by atoms with Crippen molar-refractivity contribution in [2.75, 3.05) is 0 Å². The summed E-state index contributed by atoms with van der Waals surface area (Å²) in [6.45, 7) is 26.9. The number of carbonyl (C=O) groups is 3. The fourth-order valence-electron chi connectivity index (χ4n) is 7.22. The molecule has 278 valence electrons. The molecule has 1 aromatic heterocycles. The minimum atomic E-state index is -2.24. The number of Topliss-reactive ketones (excluding diaryl/α,β-unsaturated/α-hetero) is 2. The number of aromatic nitrogens is 1. The first-order chi connectivity index (χ1) is 23.0. The van der Waals surface area contributed by atoms with Crippen LogP contribution in [0.25, 0.3) is 6.08 Å². The molecule has 0 saturated carbocycles. The minimum Gasteiger partial charge on any atom is -0.457 e. The lowest BCUT2D eigenvalue weighted by Crippen LogP contribution is -2.53. The van der Waals surface area contributed by atoms with Crippen LogP contribution in [0.3, 0.4) is 0 Å². The van der Waals surface area contributed by atoms with Crippen molar-refractivity contribution in [2.45, 2.75) is 170 Å². The van der Waals surface area contributed by atoms with Gasteiger partial charge in [-0.1, -0.05) is 75.3 Å². The van der Waals surface area contributed by atoms with Crippen LogP contribution in [-0.4, -0.2) is 57.5 Å². The zero-order valence-corrected chi connectivity index (χ0v) is 35.8. The van der Waals surface area contributed by atoms with E-state index in [-0.39, 0.29) is 30.0 Å². The molecule has 0 aliphatic carbocycles. The maximum atomic E-state index is 14.9. The Balaban J connectivity index is 2.71. The van der Waals surface area contributed by atoms with E-state index in [1.54, 1.807) is 11.3 Å². The van der Waals surface area contributed by atoms with E-state index in [1.807, 2.05) is 59.1 Å². The number of nitrogens with zero attached hydrogens (tertiary/aromatic N) is 1. The van der Waals surface area contributed by atoms with E-state index in [9.17, 15) is 14.4 Å². The highest BCUT2D eigenvalue weighted by Gasteiger charge is 2.48. The number of hydrogen-bond donors (Lipinski definition) is 0. The monoisotopic (exact) mass is 733 g/mol. The molecular weight excluding hydrogens is 667 g/mol. The first-order valence-electron chi connectivity index (χ1n) is 18.9. The van der Waals surface area contributed by atoms with Crippen molar-refractivity contribution in [3.63, 3.8) is 0 Å². The maximum absolute atomic E-state index is 14.9. The van der Waals surface area contributed by atoms with Gasteiger partial charge in [-0.15, -0.1) is 11.3 Å². The smallest absolute Gasteiger partial charge is 0.309 e. The molecule has 2 rings (SSSR count). The molecule has 7 nitrogen and oxygen atoms in total. The molecule has 49 heavy (non-hydrogen) atoms. The predicted molar refractivity (Wildman–Crippen MR) is 209 cm³/mol. The zero-order chi connectivity index (χ0) is 37.2. The first kappa shape index (κ1) is 43.4. The number of rotatable bonds is 12. The molecule has 0 saturated heterocycles. The Labute approximate surface area is 304 Å². The standard InChI is InChI=1S/C39H67NO6SSi2/c1-14-48(15-2,16-3)45-35-25-36(42)44-34(29(9)24-32-26-47-31(11)40-32)23-21-27(7)33(41)22-20-28(8)37(30(10)38(43)39(35,12)13)46-49(17-4,18-5)19-6/h21,24,26,28,30,34-35,37H,14-20,22-23,25H2,1-13H3/b27-21-,29-24+/t28-,30+,34?,35-,37-/m0/s1. The summed E-state index contributed by atoms with van der Waals surface area (Å²) in [4.78, 5) is 46.9. The Morgan fingerprint density at radius 1 is 0.959 bits per heavy atom. The van der Waals surface area contributed by atoms with Gasteiger partial charge in [0.1, 0.15) is 11.9 Å². The lowest BCUT2D eigenvalue weighted by molar-refractivity contribution is -0.153. The number of allylic oxidation sites excluding steroid dienone is 1. The fourth-order valence-corrected chi connectivity index (χ4v) is 13.8. The van der Waals surface area contributed by atoms with Crippen LogP contribution in [0.4, 0.5) is 0 Å². The second kappa shape index (κ2) is 19.2. The molecule has 5 atom stereocenters. The molecule has 1 aromatic rings. The van der Waals surface area contributed by atoms with E-state index in [0.29, 0.717) is 24.8 Å². The topological polar surface area (TPSA) is 91.8 Å². The van der Waals surface area contributed by atoms with E-state index in [0.717, 1.165) is 52.5 Å². The largest absolute Gasteiger partial charge is 0.457 e.